The molecule has 0 aromatic heterocycles. The van der Waals surface area contributed by atoms with Crippen molar-refractivity contribution in [2.75, 3.05) is 19.7 Å². The molecule has 166 valence electrons. The van der Waals surface area contributed by atoms with Crippen molar-refractivity contribution in [2.24, 2.45) is 0 Å². The molecule has 7 heteroatoms. The van der Waals surface area contributed by atoms with Gasteiger partial charge in [-0.05, 0) is 36.1 Å². The number of carboxylic acid groups (broad SMARTS) is 1. The third kappa shape index (κ3) is 5.09. The minimum Gasteiger partial charge on any atom is -0.480 e. The van der Waals surface area contributed by atoms with Gasteiger partial charge in [-0.3, -0.25) is 9.59 Å². The van der Waals surface area contributed by atoms with Gasteiger partial charge >= 0.3 is 12.1 Å². The van der Waals surface area contributed by atoms with Gasteiger partial charge < -0.3 is 20.1 Å². The summed E-state index contributed by atoms with van der Waals surface area (Å²) in [7, 11) is 0. The Morgan fingerprint density at radius 1 is 1.09 bits per heavy atom. The molecule has 32 heavy (non-hydrogen) atoms. The monoisotopic (exact) mass is 434 g/mol. The second-order valence-electron chi connectivity index (χ2n) is 7.40. The van der Waals surface area contributed by atoms with Gasteiger partial charge in [0, 0.05) is 18.9 Å². The van der Waals surface area contributed by atoms with Crippen molar-refractivity contribution in [1.82, 2.24) is 10.2 Å². The molecule has 1 atom stereocenters. The SMILES string of the molecule is CC#CCC(NC(=O)OCC1c2ccccc2-c2ccccc21)C(=O)N(CC)CC(=O)O. The second kappa shape index (κ2) is 10.5. The predicted octanol–water partition coefficient (Wildman–Crippen LogP) is 3.24. The zero-order valence-electron chi connectivity index (χ0n) is 18.1. The van der Waals surface area contributed by atoms with E-state index in [1.165, 1.54) is 0 Å². The predicted molar refractivity (Wildman–Crippen MR) is 120 cm³/mol. The van der Waals surface area contributed by atoms with Crippen molar-refractivity contribution >= 4 is 18.0 Å². The highest BCUT2D eigenvalue weighted by Gasteiger charge is 2.30. The van der Waals surface area contributed by atoms with Crippen molar-refractivity contribution in [3.8, 4) is 23.0 Å². The normalized spacial score (nSPS) is 12.6. The van der Waals surface area contributed by atoms with E-state index in [-0.39, 0.29) is 25.5 Å². The smallest absolute Gasteiger partial charge is 0.407 e. The van der Waals surface area contributed by atoms with Crippen LogP contribution in [0.2, 0.25) is 0 Å². The number of carboxylic acids is 1. The van der Waals surface area contributed by atoms with Crippen molar-refractivity contribution in [1.29, 1.82) is 0 Å². The van der Waals surface area contributed by atoms with E-state index in [0.717, 1.165) is 27.2 Å². The number of carbonyl (C=O) groups excluding carboxylic acids is 2. The Labute approximate surface area is 187 Å². The van der Waals surface area contributed by atoms with Crippen LogP contribution in [0.1, 0.15) is 37.3 Å². The van der Waals surface area contributed by atoms with Gasteiger partial charge in [-0.15, -0.1) is 11.8 Å². The van der Waals surface area contributed by atoms with Crippen LogP contribution < -0.4 is 5.32 Å². The number of fused-ring (bicyclic) bond motifs is 3. The fourth-order valence-corrected chi connectivity index (χ4v) is 3.92. The molecule has 2 N–H and O–H groups in total. The number of rotatable bonds is 8. The van der Waals surface area contributed by atoms with Crippen molar-refractivity contribution in [3.63, 3.8) is 0 Å². The summed E-state index contributed by atoms with van der Waals surface area (Å²) in [5, 5.41) is 11.6. The molecule has 2 aromatic carbocycles. The maximum atomic E-state index is 12.8. The van der Waals surface area contributed by atoms with Crippen LogP contribution in [0.3, 0.4) is 0 Å². The number of hydrogen-bond acceptors (Lipinski definition) is 4. The average Bonchev–Trinajstić information content (AvgIpc) is 3.12. The fraction of sp³-hybridized carbons (Fsp3) is 0.320. The molecule has 1 aliphatic rings. The summed E-state index contributed by atoms with van der Waals surface area (Å²) in [6, 6.07) is 15.0. The Morgan fingerprint density at radius 3 is 2.22 bits per heavy atom. The molecule has 0 saturated heterocycles. The zero-order valence-corrected chi connectivity index (χ0v) is 18.1. The standard InChI is InChI=1S/C25H26N2O5/c1-3-5-14-22(24(30)27(4-2)15-23(28)29)26-25(31)32-16-21-19-12-8-6-10-17(19)18-11-7-9-13-20(18)21/h6-13,21-22H,4,14-16H2,1-2H3,(H,26,31)(H,28,29). The quantitative estimate of drug-likeness (QED) is 0.622. The van der Waals surface area contributed by atoms with Crippen LogP contribution in [0.25, 0.3) is 11.1 Å². The third-order valence-corrected chi connectivity index (χ3v) is 5.44. The zero-order chi connectivity index (χ0) is 23.1. The van der Waals surface area contributed by atoms with Gasteiger partial charge in [-0.2, -0.15) is 0 Å². The second-order valence-corrected chi connectivity index (χ2v) is 7.40. The van der Waals surface area contributed by atoms with Crippen LogP contribution in [-0.2, 0) is 14.3 Å². The lowest BCUT2D eigenvalue weighted by Gasteiger charge is -2.24. The van der Waals surface area contributed by atoms with Crippen LogP contribution >= 0.6 is 0 Å². The number of hydrogen-bond donors (Lipinski definition) is 2. The first-order chi connectivity index (χ1) is 15.5. The van der Waals surface area contributed by atoms with Crippen LogP contribution in [0.15, 0.2) is 48.5 Å². The van der Waals surface area contributed by atoms with Crippen LogP contribution in [0.4, 0.5) is 4.79 Å². The molecule has 0 aliphatic heterocycles. The van der Waals surface area contributed by atoms with Crippen LogP contribution in [-0.4, -0.2) is 53.7 Å². The summed E-state index contributed by atoms with van der Waals surface area (Å²) in [6.45, 7) is 3.18. The summed E-state index contributed by atoms with van der Waals surface area (Å²) in [6.07, 6.45) is -0.676. The molecule has 0 heterocycles. The number of ether oxygens (including phenoxy) is 1. The lowest BCUT2D eigenvalue weighted by atomic mass is 9.98. The topological polar surface area (TPSA) is 95.9 Å². The van der Waals surface area contributed by atoms with Gasteiger partial charge in [-0.25, -0.2) is 4.79 Å². The molecule has 0 fully saturated rings. The molecular weight excluding hydrogens is 408 g/mol. The molecule has 0 bridgehead atoms. The first-order valence-electron chi connectivity index (χ1n) is 10.5. The maximum Gasteiger partial charge on any atom is 0.407 e. The molecule has 2 aromatic rings. The Morgan fingerprint density at radius 2 is 1.69 bits per heavy atom. The minimum atomic E-state index is -1.12. The van der Waals surface area contributed by atoms with Crippen molar-refractivity contribution in [2.45, 2.75) is 32.2 Å². The summed E-state index contributed by atoms with van der Waals surface area (Å²) in [5.41, 5.74) is 4.42. The largest absolute Gasteiger partial charge is 0.480 e. The number of nitrogens with one attached hydrogen (secondary N) is 1. The van der Waals surface area contributed by atoms with Gasteiger partial charge in [0.05, 0.1) is 0 Å². The molecule has 0 radical (unpaired) electrons. The minimum absolute atomic E-state index is 0.0651. The lowest BCUT2D eigenvalue weighted by molar-refractivity contribution is -0.145. The Balaban J connectivity index is 1.70. The van der Waals surface area contributed by atoms with Crippen molar-refractivity contribution in [3.05, 3.63) is 59.7 Å². The molecule has 1 unspecified atom stereocenters. The molecule has 0 saturated carbocycles. The van der Waals surface area contributed by atoms with E-state index in [4.69, 9.17) is 9.84 Å². The Kier molecular flexibility index (Phi) is 7.50. The average molecular weight is 434 g/mol. The molecular formula is C25H26N2O5. The van der Waals surface area contributed by atoms with Gasteiger partial charge in [0.2, 0.25) is 5.91 Å². The van der Waals surface area contributed by atoms with E-state index >= 15 is 0 Å². The van der Waals surface area contributed by atoms with E-state index in [2.05, 4.69) is 17.2 Å². The number of amides is 2. The lowest BCUT2D eigenvalue weighted by Crippen LogP contribution is -2.50. The fourth-order valence-electron chi connectivity index (χ4n) is 3.92. The first-order valence-corrected chi connectivity index (χ1v) is 10.5. The molecule has 7 nitrogen and oxygen atoms in total. The number of carbonyl (C=O) groups is 3. The summed E-state index contributed by atoms with van der Waals surface area (Å²) >= 11 is 0. The molecule has 1 aliphatic carbocycles. The number of benzene rings is 2. The molecule has 2 amide bonds. The molecule has 0 spiro atoms. The van der Waals surface area contributed by atoms with E-state index in [0.29, 0.717) is 0 Å². The summed E-state index contributed by atoms with van der Waals surface area (Å²) < 4.78 is 5.51. The van der Waals surface area contributed by atoms with Gasteiger partial charge in [0.1, 0.15) is 19.2 Å². The Hall–Kier alpha value is -3.79. The number of alkyl carbamates (subject to hydrolysis) is 1. The Bertz CT molecular complexity index is 1020. The van der Waals surface area contributed by atoms with E-state index < -0.39 is 30.6 Å². The van der Waals surface area contributed by atoms with Gasteiger partial charge in [0.25, 0.3) is 0 Å². The highest BCUT2D eigenvalue weighted by Crippen LogP contribution is 2.44. The van der Waals surface area contributed by atoms with Gasteiger partial charge in [-0.1, -0.05) is 48.5 Å². The molecule has 3 rings (SSSR count). The number of nitrogens with zero attached hydrogens (tertiary/aromatic N) is 1. The van der Waals surface area contributed by atoms with Crippen LogP contribution in [0, 0.1) is 11.8 Å². The number of likely N-dealkylation sites (N-methyl/N-ethyl adjacent to an activating group) is 1. The number of aliphatic carboxylic acids is 1. The van der Waals surface area contributed by atoms with Gasteiger partial charge in [0.15, 0.2) is 0 Å². The first kappa shape index (κ1) is 22.9. The maximum absolute atomic E-state index is 12.8. The highest BCUT2D eigenvalue weighted by atomic mass is 16.5. The summed E-state index contributed by atoms with van der Waals surface area (Å²) in [4.78, 5) is 37.5. The van der Waals surface area contributed by atoms with E-state index in [9.17, 15) is 14.4 Å². The van der Waals surface area contributed by atoms with Crippen LogP contribution in [0.5, 0.6) is 0 Å². The summed E-state index contributed by atoms with van der Waals surface area (Å²) in [5.74, 6) is 3.74. The van der Waals surface area contributed by atoms with E-state index in [1.54, 1.807) is 13.8 Å². The third-order valence-electron chi connectivity index (χ3n) is 5.44. The highest BCUT2D eigenvalue weighted by molar-refractivity contribution is 5.88. The van der Waals surface area contributed by atoms with Crippen molar-refractivity contribution < 1.29 is 24.2 Å². The van der Waals surface area contributed by atoms with E-state index in [1.807, 2.05) is 48.5 Å².